The van der Waals surface area contributed by atoms with Gasteiger partial charge < -0.3 is 83.6 Å². The van der Waals surface area contributed by atoms with Crippen molar-refractivity contribution in [3.63, 3.8) is 0 Å². The molecule has 7 N–H and O–H groups in total. The molecule has 0 bridgehead atoms. The summed E-state index contributed by atoms with van der Waals surface area (Å²) in [6.07, 6.45) is 13.8. The maximum absolute atomic E-state index is 8.30. The molecule has 0 amide bonds. The van der Waals surface area contributed by atoms with E-state index in [-0.39, 0.29) is 19.8 Å². The van der Waals surface area contributed by atoms with Crippen molar-refractivity contribution in [2.24, 2.45) is 11.5 Å². The van der Waals surface area contributed by atoms with Gasteiger partial charge in [0.1, 0.15) is 0 Å². The van der Waals surface area contributed by atoms with Crippen molar-refractivity contribution in [1.29, 1.82) is 0 Å². The van der Waals surface area contributed by atoms with Crippen LogP contribution < -0.4 is 11.5 Å². The number of hydrogen-bond donors (Lipinski definition) is 6. The molecule has 0 aromatic carbocycles. The Labute approximate surface area is 493 Å². The Hall–Kier alpha value is -0.330. The van der Waals surface area contributed by atoms with Gasteiger partial charge in [0.05, 0.1) is 139 Å². The number of nitrogens with two attached hydrogens (primary N) is 2. The third-order valence-electron chi connectivity index (χ3n) is 5.79. The third kappa shape index (κ3) is 243. The van der Waals surface area contributed by atoms with Gasteiger partial charge >= 0.3 is 0 Å². The topological polar surface area (TPSA) is 223 Å². The summed E-state index contributed by atoms with van der Waals surface area (Å²) in [5.41, 5.74) is 10.4. The lowest BCUT2D eigenvalue weighted by molar-refractivity contribution is 0.0333. The molecule has 17 nitrogen and oxygen atoms in total. The van der Waals surface area contributed by atoms with Gasteiger partial charge in [0.2, 0.25) is 0 Å². The van der Waals surface area contributed by atoms with Crippen LogP contribution >= 0.6 is 12.6 Å². The van der Waals surface area contributed by atoms with E-state index >= 15 is 0 Å². The van der Waals surface area contributed by atoms with E-state index in [0.717, 1.165) is 90.5 Å². The molecule has 0 spiro atoms. The van der Waals surface area contributed by atoms with E-state index < -0.39 is 0 Å². The third-order valence-corrected chi connectivity index (χ3v) is 5.97. The molecule has 78 heavy (non-hydrogen) atoms. The molecular formula is C60H146N2O15S. The lowest BCUT2D eigenvalue weighted by atomic mass is 10.5. The summed E-state index contributed by atoms with van der Waals surface area (Å²) in [4.78, 5) is 0. The van der Waals surface area contributed by atoms with E-state index in [0.29, 0.717) is 125 Å². The Bertz CT molecular complexity index is 509. The molecule has 0 atom stereocenters. The fourth-order valence-electron chi connectivity index (χ4n) is 3.22. The van der Waals surface area contributed by atoms with Crippen LogP contribution in [0.2, 0.25) is 0 Å². The van der Waals surface area contributed by atoms with Crippen LogP contribution in [-0.2, 0) is 56.8 Å². The van der Waals surface area contributed by atoms with Crippen molar-refractivity contribution in [3.8, 4) is 0 Å². The number of rotatable bonds is 42. The second kappa shape index (κ2) is 152. The van der Waals surface area contributed by atoms with Gasteiger partial charge in [-0.1, -0.05) is 163 Å². The normalized spacial score (nSPS) is 9.23. The molecule has 0 saturated carbocycles. The first-order chi connectivity index (χ1) is 38.0. The highest BCUT2D eigenvalue weighted by atomic mass is 32.1. The summed E-state index contributed by atoms with van der Waals surface area (Å²) >= 11 is 4.00. The van der Waals surface area contributed by atoms with Gasteiger partial charge in [0.25, 0.3) is 0 Å². The first kappa shape index (κ1) is 106. The smallest absolute Gasteiger partial charge is 0.0701 e. The molecule has 0 aromatic heterocycles. The molecule has 0 aliphatic heterocycles. The van der Waals surface area contributed by atoms with Crippen LogP contribution in [0.4, 0.5) is 0 Å². The molecule has 0 radical (unpaired) electrons. The highest BCUT2D eigenvalue weighted by molar-refractivity contribution is 7.80. The van der Waals surface area contributed by atoms with Gasteiger partial charge in [-0.25, -0.2) is 0 Å². The maximum Gasteiger partial charge on any atom is 0.0701 e. The van der Waals surface area contributed by atoms with Crippen molar-refractivity contribution in [3.05, 3.63) is 0 Å². The fourth-order valence-corrected chi connectivity index (χ4v) is 3.35. The highest BCUT2D eigenvalue weighted by Gasteiger charge is 1.90. The van der Waals surface area contributed by atoms with Gasteiger partial charge in [-0.2, -0.15) is 12.6 Å². The van der Waals surface area contributed by atoms with E-state index in [4.69, 9.17) is 83.6 Å². The summed E-state index contributed by atoms with van der Waals surface area (Å²) in [5.74, 6) is 0.785. The minimum atomic E-state index is 0.0910. The summed E-state index contributed by atoms with van der Waals surface area (Å²) in [6.45, 7) is 55.3. The predicted octanol–water partition coefficient (Wildman–Crippen LogP) is 11.9. The predicted molar refractivity (Wildman–Crippen MR) is 341 cm³/mol. The average Bonchev–Trinajstić information content (AvgIpc) is 3.42. The van der Waals surface area contributed by atoms with E-state index in [1.165, 1.54) is 38.5 Å². The van der Waals surface area contributed by atoms with Crippen LogP contribution in [-0.4, -0.2) is 213 Å². The molecular weight excluding hydrogens is 1020 g/mol. The number of thiol groups is 1. The molecule has 0 heterocycles. The van der Waals surface area contributed by atoms with Gasteiger partial charge in [-0.15, -0.1) is 0 Å². The number of hydrogen-bond acceptors (Lipinski definition) is 18. The lowest BCUT2D eigenvalue weighted by Gasteiger charge is -2.02. The summed E-state index contributed by atoms with van der Waals surface area (Å²) < 4.78 is 61.0. The molecule has 0 rings (SSSR count). The van der Waals surface area contributed by atoms with Crippen LogP contribution in [0.3, 0.4) is 0 Å². The Balaban J connectivity index is -0.0000000630. The zero-order valence-corrected chi connectivity index (χ0v) is 56.4. The van der Waals surface area contributed by atoms with Crippen molar-refractivity contribution >= 4 is 12.6 Å². The van der Waals surface area contributed by atoms with E-state index in [1.807, 2.05) is 0 Å². The molecule has 0 unspecified atom stereocenters. The van der Waals surface area contributed by atoms with Crippen LogP contribution in [0.25, 0.3) is 0 Å². The first-order valence-corrected chi connectivity index (χ1v) is 31.4. The second-order valence-electron chi connectivity index (χ2n) is 16.1. The maximum atomic E-state index is 8.30. The largest absolute Gasteiger partial charge is 0.394 e. The zero-order valence-electron chi connectivity index (χ0n) is 55.5. The van der Waals surface area contributed by atoms with Gasteiger partial charge in [0.15, 0.2) is 0 Å². The minimum absolute atomic E-state index is 0.0910. The van der Waals surface area contributed by atoms with Gasteiger partial charge in [0, 0.05) is 58.5 Å². The summed E-state index contributed by atoms with van der Waals surface area (Å²) in [6, 6.07) is 0. The Morgan fingerprint density at radius 1 is 0.218 bits per heavy atom. The quantitative estimate of drug-likeness (QED) is 0.0247. The van der Waals surface area contributed by atoms with E-state index in [1.54, 1.807) is 0 Å². The molecule has 18 heteroatoms. The number of aliphatic hydroxyl groups excluding tert-OH is 3. The number of aliphatic hydroxyl groups is 3. The fraction of sp³-hybridized carbons (Fsp3) is 1.00. The van der Waals surface area contributed by atoms with Crippen molar-refractivity contribution < 1.29 is 72.2 Å². The molecule has 0 aliphatic carbocycles. The van der Waals surface area contributed by atoms with Crippen LogP contribution in [0.5, 0.6) is 0 Å². The van der Waals surface area contributed by atoms with Crippen LogP contribution in [0, 0.1) is 0 Å². The van der Waals surface area contributed by atoms with E-state index in [2.05, 4.69) is 137 Å². The van der Waals surface area contributed by atoms with Crippen LogP contribution in [0.1, 0.15) is 202 Å². The lowest BCUT2D eigenvalue weighted by Crippen LogP contribution is -2.12. The SMILES string of the molecule is CCC.CCC.CCC.CCC.CCC.CCC.CCCOCCOCCN.CCCOCCOCCN.CCCOCCOCCO.CCCOCCOCCO.CCCOCCOCCO.CCCOCCOCCS. The Kier molecular flexibility index (Phi) is 207. The molecule has 0 saturated heterocycles. The molecule has 0 aromatic rings. The van der Waals surface area contributed by atoms with E-state index in [9.17, 15) is 0 Å². The minimum Gasteiger partial charge on any atom is -0.394 e. The second-order valence-corrected chi connectivity index (χ2v) is 16.5. The standard InChI is InChI=1S/2C7H17NO2.3C7H16O3.C7H16O2S.6C3H8/c5*1-2-4-9-6-7-10-5-3-8;1-2-3-8-4-5-9-6-7-10;6*1-3-2/h2*2-8H2,1H3;3*8H,2-7H2,1H3;10H,2-7H2,1H3;6*3H2,1-2H3. The van der Waals surface area contributed by atoms with Crippen LogP contribution in [0.15, 0.2) is 0 Å². The molecule has 0 aliphatic rings. The summed E-state index contributed by atoms with van der Waals surface area (Å²) in [7, 11) is 0. The molecule has 492 valence electrons. The van der Waals surface area contributed by atoms with Crippen molar-refractivity contribution in [2.75, 3.05) is 197 Å². The average molecular weight is 1170 g/mol. The number of ether oxygens (including phenoxy) is 12. The monoisotopic (exact) mass is 1170 g/mol. The van der Waals surface area contributed by atoms with Gasteiger partial charge in [-0.3, -0.25) is 0 Å². The highest BCUT2D eigenvalue weighted by Crippen LogP contribution is 1.85. The molecule has 0 fully saturated rings. The van der Waals surface area contributed by atoms with Crippen molar-refractivity contribution in [1.82, 2.24) is 0 Å². The van der Waals surface area contributed by atoms with Crippen molar-refractivity contribution in [2.45, 2.75) is 202 Å². The van der Waals surface area contributed by atoms with Gasteiger partial charge in [-0.05, 0) is 38.5 Å². The zero-order chi connectivity index (χ0) is 62.2. The Morgan fingerprint density at radius 3 is 0.462 bits per heavy atom. The first-order valence-electron chi connectivity index (χ1n) is 30.7. The summed E-state index contributed by atoms with van der Waals surface area (Å²) in [5, 5.41) is 24.9. The Morgan fingerprint density at radius 2 is 0.346 bits per heavy atom.